The maximum Gasteiger partial charge on any atom is 0.241 e. The van der Waals surface area contributed by atoms with Crippen LogP contribution in [-0.2, 0) is 9.84 Å². The third-order valence-electron chi connectivity index (χ3n) is 3.47. The molecule has 130 valence electrons. The number of sulfone groups is 1. The predicted octanol–water partition coefficient (Wildman–Crippen LogP) is 1.78. The topological polar surface area (TPSA) is 117 Å². The van der Waals surface area contributed by atoms with Crippen molar-refractivity contribution in [3.05, 3.63) is 48.0 Å². The Morgan fingerprint density at radius 2 is 1.72 bits per heavy atom. The number of anilines is 2. The van der Waals surface area contributed by atoms with Crippen LogP contribution in [-0.4, -0.2) is 29.4 Å². The molecule has 0 unspecified atom stereocenters. The summed E-state index contributed by atoms with van der Waals surface area (Å²) in [6, 6.07) is 7.40. The van der Waals surface area contributed by atoms with Gasteiger partial charge < -0.3 is 11.5 Å². The van der Waals surface area contributed by atoms with Gasteiger partial charge in [-0.25, -0.2) is 17.2 Å². The fraction of sp³-hybridized carbons (Fsp3) is 0.0667. The first kappa shape index (κ1) is 16.8. The molecule has 0 amide bonds. The average molecular weight is 365 g/mol. The van der Waals surface area contributed by atoms with Gasteiger partial charge in [0, 0.05) is 18.4 Å². The number of hydrogen-bond donors (Lipinski definition) is 2. The molecule has 0 aliphatic carbocycles. The zero-order chi connectivity index (χ0) is 18.4. The van der Waals surface area contributed by atoms with Gasteiger partial charge in [0.15, 0.2) is 9.84 Å². The predicted molar refractivity (Wildman–Crippen MR) is 88.6 cm³/mol. The molecule has 4 N–H and O–H groups in total. The van der Waals surface area contributed by atoms with Crippen LogP contribution in [0, 0.1) is 11.6 Å². The highest BCUT2D eigenvalue weighted by Gasteiger charge is 2.18. The van der Waals surface area contributed by atoms with Crippen LogP contribution in [0.4, 0.5) is 20.7 Å². The highest BCUT2D eigenvalue weighted by Crippen LogP contribution is 2.30. The summed E-state index contributed by atoms with van der Waals surface area (Å²) in [5.41, 5.74) is 10.7. The normalized spacial score (nSPS) is 11.6. The van der Waals surface area contributed by atoms with Crippen LogP contribution in [0.5, 0.6) is 0 Å². The molecule has 0 saturated carbocycles. The Labute approximate surface area is 141 Å². The number of aromatic nitrogens is 3. The summed E-state index contributed by atoms with van der Waals surface area (Å²) in [6.45, 7) is 0. The summed E-state index contributed by atoms with van der Waals surface area (Å²) in [4.78, 5) is 3.62. The molecule has 0 atom stereocenters. The fourth-order valence-electron chi connectivity index (χ4n) is 2.37. The van der Waals surface area contributed by atoms with Crippen LogP contribution in [0.3, 0.4) is 0 Å². The lowest BCUT2D eigenvalue weighted by Gasteiger charge is -2.10. The van der Waals surface area contributed by atoms with Crippen LogP contribution < -0.4 is 11.5 Å². The minimum absolute atomic E-state index is 0.000261. The highest BCUT2D eigenvalue weighted by molar-refractivity contribution is 7.90. The summed E-state index contributed by atoms with van der Waals surface area (Å²) in [5.74, 6) is -2.07. The monoisotopic (exact) mass is 365 g/mol. The number of nitrogen functional groups attached to an aromatic ring is 2. The van der Waals surface area contributed by atoms with Gasteiger partial charge >= 0.3 is 0 Å². The molecule has 1 heterocycles. The summed E-state index contributed by atoms with van der Waals surface area (Å²) in [7, 11) is -3.51. The smallest absolute Gasteiger partial charge is 0.241 e. The van der Waals surface area contributed by atoms with Crippen LogP contribution in [0.25, 0.3) is 16.8 Å². The minimum Gasteiger partial charge on any atom is -0.368 e. The lowest BCUT2D eigenvalue weighted by molar-refractivity contribution is 0.586. The van der Waals surface area contributed by atoms with Crippen molar-refractivity contribution in [2.45, 2.75) is 4.90 Å². The van der Waals surface area contributed by atoms with Crippen molar-refractivity contribution >= 4 is 21.7 Å². The highest BCUT2D eigenvalue weighted by atomic mass is 32.2. The quantitative estimate of drug-likeness (QED) is 0.731. The van der Waals surface area contributed by atoms with E-state index in [-0.39, 0.29) is 33.6 Å². The van der Waals surface area contributed by atoms with E-state index in [9.17, 15) is 17.2 Å². The Morgan fingerprint density at radius 1 is 1.08 bits per heavy atom. The van der Waals surface area contributed by atoms with Gasteiger partial charge in [0.2, 0.25) is 11.9 Å². The Morgan fingerprint density at radius 3 is 2.24 bits per heavy atom. The van der Waals surface area contributed by atoms with E-state index in [4.69, 9.17) is 11.5 Å². The molecule has 3 rings (SSSR count). The fourth-order valence-corrected chi connectivity index (χ4v) is 3.04. The number of benzene rings is 2. The Hall–Kier alpha value is -3.01. The molecule has 10 heteroatoms. The Kier molecular flexibility index (Phi) is 3.91. The van der Waals surface area contributed by atoms with Crippen LogP contribution in [0.2, 0.25) is 0 Å². The lowest BCUT2D eigenvalue weighted by Crippen LogP contribution is -2.05. The molecule has 2 aromatic carbocycles. The van der Waals surface area contributed by atoms with Crippen molar-refractivity contribution in [1.29, 1.82) is 0 Å². The molecular weight excluding hydrogens is 352 g/mol. The van der Waals surface area contributed by atoms with E-state index in [1.807, 2.05) is 0 Å². The van der Waals surface area contributed by atoms with Gasteiger partial charge in [0.05, 0.1) is 16.1 Å². The first-order chi connectivity index (χ1) is 11.7. The largest absolute Gasteiger partial charge is 0.368 e. The first-order valence-corrected chi connectivity index (χ1v) is 8.84. The molecule has 0 fully saturated rings. The molecule has 1 aromatic heterocycles. The van der Waals surface area contributed by atoms with Crippen LogP contribution in [0.15, 0.2) is 41.3 Å². The molecule has 0 saturated heterocycles. The number of hydrogen-bond acceptors (Lipinski definition) is 6. The van der Waals surface area contributed by atoms with Crippen molar-refractivity contribution in [2.75, 3.05) is 17.7 Å². The second kappa shape index (κ2) is 5.81. The van der Waals surface area contributed by atoms with Gasteiger partial charge in [-0.2, -0.15) is 9.67 Å². The molecule has 0 radical (unpaired) electrons. The van der Waals surface area contributed by atoms with Crippen LogP contribution in [0.1, 0.15) is 0 Å². The van der Waals surface area contributed by atoms with Gasteiger partial charge in [0.25, 0.3) is 0 Å². The number of nitrogens with zero attached hydrogens (tertiary/aromatic N) is 3. The van der Waals surface area contributed by atoms with E-state index >= 15 is 0 Å². The van der Waals surface area contributed by atoms with Crippen molar-refractivity contribution in [2.24, 2.45) is 0 Å². The summed E-state index contributed by atoms with van der Waals surface area (Å²) >= 11 is 0. The van der Waals surface area contributed by atoms with Crippen molar-refractivity contribution in [1.82, 2.24) is 14.8 Å². The maximum absolute atomic E-state index is 14.5. The maximum atomic E-state index is 14.5. The van der Waals surface area contributed by atoms with Crippen LogP contribution >= 0.6 is 0 Å². The van der Waals surface area contributed by atoms with Crippen molar-refractivity contribution in [3.8, 4) is 16.8 Å². The molecule has 25 heavy (non-hydrogen) atoms. The zero-order valence-electron chi connectivity index (χ0n) is 12.9. The molecule has 0 aliphatic heterocycles. The number of halogens is 2. The standard InChI is InChI=1S/C15H13F2N5O2S/c1-25(23,24)10-4-2-3-8(5-10)13-11(16)6-9(7-12(13)17)22-15(19)20-14(18)21-22/h2-7H,1H3,(H4,18,19,20,21). The molecule has 0 spiro atoms. The average Bonchev–Trinajstić information content (AvgIpc) is 2.84. The van der Waals surface area contributed by atoms with Gasteiger partial charge in [-0.15, -0.1) is 5.10 Å². The third kappa shape index (κ3) is 3.15. The van der Waals surface area contributed by atoms with Gasteiger partial charge in [0.1, 0.15) is 11.6 Å². The van der Waals surface area contributed by atoms with Gasteiger partial charge in [-0.05, 0) is 17.7 Å². The summed E-state index contributed by atoms with van der Waals surface area (Å²) < 4.78 is 53.3. The van der Waals surface area contributed by atoms with Crippen molar-refractivity contribution in [3.63, 3.8) is 0 Å². The Balaban J connectivity index is 2.15. The van der Waals surface area contributed by atoms with E-state index in [0.717, 1.165) is 23.1 Å². The van der Waals surface area contributed by atoms with E-state index in [1.165, 1.54) is 24.3 Å². The van der Waals surface area contributed by atoms with E-state index < -0.39 is 21.5 Å². The van der Waals surface area contributed by atoms with Crippen molar-refractivity contribution < 1.29 is 17.2 Å². The number of nitrogens with two attached hydrogens (primary N) is 2. The molecule has 3 aromatic rings. The van der Waals surface area contributed by atoms with E-state index in [1.54, 1.807) is 0 Å². The van der Waals surface area contributed by atoms with Gasteiger partial charge in [-0.1, -0.05) is 12.1 Å². The second-order valence-corrected chi connectivity index (χ2v) is 7.34. The first-order valence-electron chi connectivity index (χ1n) is 6.95. The second-order valence-electron chi connectivity index (χ2n) is 5.32. The number of rotatable bonds is 3. The zero-order valence-corrected chi connectivity index (χ0v) is 13.8. The Bertz CT molecular complexity index is 1060. The minimum atomic E-state index is -3.51. The SMILES string of the molecule is CS(=O)(=O)c1cccc(-c2c(F)cc(-n3nc(N)nc3N)cc2F)c1. The molecule has 0 bridgehead atoms. The summed E-state index contributed by atoms with van der Waals surface area (Å²) in [6.07, 6.45) is 1.01. The van der Waals surface area contributed by atoms with E-state index in [0.29, 0.717) is 0 Å². The molecule has 7 nitrogen and oxygen atoms in total. The lowest BCUT2D eigenvalue weighted by atomic mass is 10.0. The third-order valence-corrected chi connectivity index (χ3v) is 4.58. The van der Waals surface area contributed by atoms with E-state index in [2.05, 4.69) is 10.1 Å². The van der Waals surface area contributed by atoms with Gasteiger partial charge in [-0.3, -0.25) is 0 Å². The molecule has 0 aliphatic rings. The molecular formula is C15H13F2N5O2S. The summed E-state index contributed by atoms with van der Waals surface area (Å²) in [5, 5.41) is 3.76.